The fourth-order valence-electron chi connectivity index (χ4n) is 1.10. The maximum atomic E-state index is 10.9. The lowest BCUT2D eigenvalue weighted by Crippen LogP contribution is -2.34. The molecule has 0 aliphatic carbocycles. The van der Waals surface area contributed by atoms with Gasteiger partial charge in [0.05, 0.1) is 6.54 Å². The van der Waals surface area contributed by atoms with E-state index in [-0.39, 0.29) is 6.09 Å². The van der Waals surface area contributed by atoms with Crippen molar-refractivity contribution < 1.29 is 9.63 Å². The Labute approximate surface area is 72.8 Å². The third-order valence-corrected chi connectivity index (χ3v) is 1.69. The van der Waals surface area contributed by atoms with Gasteiger partial charge in [0.25, 0.3) is 0 Å². The molecule has 0 saturated carbocycles. The number of nitrogens with zero attached hydrogens (tertiary/aromatic N) is 1. The maximum Gasteiger partial charge on any atom is 0.426 e. The Morgan fingerprint density at radius 1 is 1.67 bits per heavy atom. The average molecular weight is 171 g/mol. The molecule has 1 amide bonds. The molecule has 0 unspecified atom stereocenters. The Morgan fingerprint density at radius 3 is 3.08 bits per heavy atom. The van der Waals surface area contributed by atoms with Crippen LogP contribution in [0, 0.1) is 6.54 Å². The summed E-state index contributed by atoms with van der Waals surface area (Å²) in [7, 11) is 0. The fourth-order valence-corrected chi connectivity index (χ4v) is 1.10. The molecule has 0 aromatic carbocycles. The first-order valence-corrected chi connectivity index (χ1v) is 4.38. The van der Waals surface area contributed by atoms with Crippen LogP contribution >= 0.6 is 0 Å². The van der Waals surface area contributed by atoms with Crippen LogP contribution in [0.15, 0.2) is 0 Å². The number of piperidine rings is 1. The van der Waals surface area contributed by atoms with Crippen LogP contribution in [-0.2, 0) is 4.84 Å². The number of carbonyl (C=O) groups excluding carboxylic acids is 1. The molecule has 0 aromatic rings. The second-order valence-electron chi connectivity index (χ2n) is 2.73. The van der Waals surface area contributed by atoms with E-state index >= 15 is 0 Å². The van der Waals surface area contributed by atoms with E-state index < -0.39 is 0 Å². The van der Waals surface area contributed by atoms with Crippen molar-refractivity contribution in [2.45, 2.75) is 26.2 Å². The van der Waals surface area contributed by atoms with E-state index in [1.807, 2.05) is 13.5 Å². The summed E-state index contributed by atoms with van der Waals surface area (Å²) >= 11 is 0. The molecule has 0 atom stereocenters. The van der Waals surface area contributed by atoms with Crippen LogP contribution in [0.4, 0.5) is 4.79 Å². The smallest absolute Gasteiger partial charge is 0.351 e. The monoisotopic (exact) mass is 171 g/mol. The Kier molecular flexibility index (Phi) is 3.87. The predicted octanol–water partition coefficient (Wildman–Crippen LogP) is 1.30. The van der Waals surface area contributed by atoms with Gasteiger partial charge in [0.15, 0.2) is 0 Å². The van der Waals surface area contributed by atoms with Crippen molar-refractivity contribution in [1.29, 1.82) is 0 Å². The Morgan fingerprint density at radius 2 is 2.50 bits per heavy atom. The minimum absolute atomic E-state index is 0.365. The summed E-state index contributed by atoms with van der Waals surface area (Å²) in [4.78, 5) is 15.9. The normalized spacial score (nSPS) is 18.8. The van der Waals surface area contributed by atoms with E-state index in [2.05, 4.69) is 5.32 Å². The number of carbonyl (C=O) groups is 1. The zero-order chi connectivity index (χ0) is 8.81. The van der Waals surface area contributed by atoms with E-state index in [1.54, 1.807) is 5.06 Å². The summed E-state index contributed by atoms with van der Waals surface area (Å²) in [6, 6.07) is 0. The van der Waals surface area contributed by atoms with Crippen molar-refractivity contribution in [1.82, 2.24) is 10.4 Å². The molecule has 4 nitrogen and oxygen atoms in total. The topological polar surface area (TPSA) is 41.6 Å². The number of rotatable bonds is 2. The van der Waals surface area contributed by atoms with E-state index in [0.29, 0.717) is 6.54 Å². The number of hydrogen-bond acceptors (Lipinski definition) is 3. The SMILES string of the molecule is CCNC(=O)ON1[CH]CCCC1. The molecule has 0 spiro atoms. The molecule has 12 heavy (non-hydrogen) atoms. The third kappa shape index (κ3) is 3.09. The second kappa shape index (κ2) is 4.98. The fraction of sp³-hybridized carbons (Fsp3) is 0.750. The van der Waals surface area contributed by atoms with Gasteiger partial charge in [-0.2, -0.15) is 0 Å². The van der Waals surface area contributed by atoms with Crippen LogP contribution in [0.1, 0.15) is 26.2 Å². The van der Waals surface area contributed by atoms with Gasteiger partial charge in [-0.1, -0.05) is 6.42 Å². The van der Waals surface area contributed by atoms with Crippen molar-refractivity contribution in [2.24, 2.45) is 0 Å². The highest BCUT2D eigenvalue weighted by Crippen LogP contribution is 2.12. The van der Waals surface area contributed by atoms with Gasteiger partial charge >= 0.3 is 6.09 Å². The molecule has 1 N–H and O–H groups in total. The standard InChI is InChI=1S/C8H15N2O2/c1-2-9-8(11)12-10-6-4-3-5-7-10/h6H,2-5,7H2,1H3,(H,9,11). The van der Waals surface area contributed by atoms with Gasteiger partial charge in [0.1, 0.15) is 0 Å². The van der Waals surface area contributed by atoms with Crippen LogP contribution < -0.4 is 5.32 Å². The van der Waals surface area contributed by atoms with Crippen LogP contribution in [0.25, 0.3) is 0 Å². The largest absolute Gasteiger partial charge is 0.426 e. The summed E-state index contributed by atoms with van der Waals surface area (Å²) in [6.07, 6.45) is 2.92. The summed E-state index contributed by atoms with van der Waals surface area (Å²) in [5.74, 6) is 0. The van der Waals surface area contributed by atoms with Crippen LogP contribution in [0.3, 0.4) is 0 Å². The van der Waals surface area contributed by atoms with Gasteiger partial charge in [0, 0.05) is 13.1 Å². The van der Waals surface area contributed by atoms with Gasteiger partial charge in [-0.3, -0.25) is 0 Å². The zero-order valence-corrected chi connectivity index (χ0v) is 7.38. The first-order valence-electron chi connectivity index (χ1n) is 4.38. The number of hydroxylamine groups is 2. The summed E-state index contributed by atoms with van der Waals surface area (Å²) < 4.78 is 0. The molecule has 0 bridgehead atoms. The van der Waals surface area contributed by atoms with Crippen LogP contribution in [0.5, 0.6) is 0 Å². The van der Waals surface area contributed by atoms with Crippen molar-refractivity contribution in [3.05, 3.63) is 6.54 Å². The minimum Gasteiger partial charge on any atom is -0.351 e. The molecule has 1 aliphatic rings. The van der Waals surface area contributed by atoms with Crippen LogP contribution in [0.2, 0.25) is 0 Å². The lowest BCUT2D eigenvalue weighted by molar-refractivity contribution is -0.0852. The van der Waals surface area contributed by atoms with Crippen molar-refractivity contribution in [3.63, 3.8) is 0 Å². The molecule has 1 rings (SSSR count). The highest BCUT2D eigenvalue weighted by molar-refractivity contribution is 5.66. The van der Waals surface area contributed by atoms with Crippen LogP contribution in [-0.4, -0.2) is 24.2 Å². The van der Waals surface area contributed by atoms with Gasteiger partial charge in [-0.25, -0.2) is 4.79 Å². The molecular weight excluding hydrogens is 156 g/mol. The zero-order valence-electron chi connectivity index (χ0n) is 7.38. The third-order valence-electron chi connectivity index (χ3n) is 1.69. The summed E-state index contributed by atoms with van der Waals surface area (Å²) in [5.41, 5.74) is 0. The average Bonchev–Trinajstić information content (AvgIpc) is 2.06. The van der Waals surface area contributed by atoms with Crippen molar-refractivity contribution in [3.8, 4) is 0 Å². The quantitative estimate of drug-likeness (QED) is 0.680. The number of amides is 1. The molecule has 4 heteroatoms. The Hall–Kier alpha value is -0.770. The van der Waals surface area contributed by atoms with Gasteiger partial charge in [0.2, 0.25) is 0 Å². The highest BCUT2D eigenvalue weighted by atomic mass is 16.7. The van der Waals surface area contributed by atoms with E-state index in [4.69, 9.17) is 4.84 Å². The maximum absolute atomic E-state index is 10.9. The predicted molar refractivity (Wildman–Crippen MR) is 45.0 cm³/mol. The second-order valence-corrected chi connectivity index (χ2v) is 2.73. The minimum atomic E-state index is -0.365. The first-order chi connectivity index (χ1) is 5.83. The molecular formula is C8H15N2O2. The molecule has 1 saturated heterocycles. The lowest BCUT2D eigenvalue weighted by Gasteiger charge is -2.23. The van der Waals surface area contributed by atoms with E-state index in [0.717, 1.165) is 19.4 Å². The first kappa shape index (κ1) is 9.32. The molecule has 1 heterocycles. The number of nitrogens with one attached hydrogen (secondary N) is 1. The molecule has 1 aliphatic heterocycles. The van der Waals surface area contributed by atoms with Gasteiger partial charge in [-0.15, -0.1) is 5.06 Å². The van der Waals surface area contributed by atoms with E-state index in [1.165, 1.54) is 6.42 Å². The summed E-state index contributed by atoms with van der Waals surface area (Å²) in [6.45, 7) is 5.20. The molecule has 1 radical (unpaired) electrons. The van der Waals surface area contributed by atoms with Crippen molar-refractivity contribution in [2.75, 3.05) is 13.1 Å². The molecule has 69 valence electrons. The van der Waals surface area contributed by atoms with E-state index in [9.17, 15) is 4.79 Å². The Bertz CT molecular complexity index is 144. The number of hydrogen-bond donors (Lipinski definition) is 1. The lowest BCUT2D eigenvalue weighted by atomic mass is 10.2. The van der Waals surface area contributed by atoms with Gasteiger partial charge in [-0.05, 0) is 19.8 Å². The highest BCUT2D eigenvalue weighted by Gasteiger charge is 2.14. The van der Waals surface area contributed by atoms with Crippen molar-refractivity contribution >= 4 is 6.09 Å². The molecule has 0 aromatic heterocycles. The van der Waals surface area contributed by atoms with Gasteiger partial charge < -0.3 is 10.2 Å². The summed E-state index contributed by atoms with van der Waals surface area (Å²) in [5, 5.41) is 4.18. The Balaban J connectivity index is 2.15. The molecule has 1 fully saturated rings.